The standard InChI is InChI=1S/C12H20N4OS2/c1-4-6-9-10-11(15(2)14-9)16(12(18)13-10)7-5-8-19(3)17/h4-8H2,1-3H3,(H,13,18). The third-order valence-corrected chi connectivity index (χ3v) is 4.31. The molecule has 0 aromatic carbocycles. The van der Waals surface area contributed by atoms with Crippen LogP contribution in [0.3, 0.4) is 0 Å². The lowest BCUT2D eigenvalue weighted by Gasteiger charge is -2.03. The van der Waals surface area contributed by atoms with Crippen molar-refractivity contribution in [2.75, 3.05) is 12.0 Å². The maximum atomic E-state index is 11.1. The highest BCUT2D eigenvalue weighted by atomic mass is 32.2. The van der Waals surface area contributed by atoms with E-state index >= 15 is 0 Å². The van der Waals surface area contributed by atoms with Gasteiger partial charge in [-0.05, 0) is 25.1 Å². The minimum Gasteiger partial charge on any atom is -0.328 e. The predicted octanol–water partition coefficient (Wildman–Crippen LogP) is 2.15. The van der Waals surface area contributed by atoms with E-state index in [4.69, 9.17) is 12.2 Å². The number of H-pyrrole nitrogens is 1. The van der Waals surface area contributed by atoms with Crippen LogP contribution in [0.1, 0.15) is 25.5 Å². The fourth-order valence-electron chi connectivity index (χ4n) is 2.32. The molecule has 0 spiro atoms. The van der Waals surface area contributed by atoms with Crippen LogP contribution >= 0.6 is 12.2 Å². The van der Waals surface area contributed by atoms with Gasteiger partial charge in [-0.2, -0.15) is 5.10 Å². The Morgan fingerprint density at radius 2 is 2.21 bits per heavy atom. The fraction of sp³-hybridized carbons (Fsp3) is 0.667. The summed E-state index contributed by atoms with van der Waals surface area (Å²) in [4.78, 5) is 3.26. The van der Waals surface area contributed by atoms with E-state index in [1.165, 1.54) is 0 Å². The number of hydrogen-bond acceptors (Lipinski definition) is 3. The van der Waals surface area contributed by atoms with Gasteiger partial charge in [0.1, 0.15) is 5.52 Å². The monoisotopic (exact) mass is 300 g/mol. The van der Waals surface area contributed by atoms with Gasteiger partial charge in [0.25, 0.3) is 0 Å². The number of nitrogens with one attached hydrogen (secondary N) is 1. The zero-order valence-electron chi connectivity index (χ0n) is 11.6. The van der Waals surface area contributed by atoms with Crippen molar-refractivity contribution in [3.8, 4) is 0 Å². The normalized spacial score (nSPS) is 13.2. The molecule has 1 atom stereocenters. The zero-order valence-corrected chi connectivity index (χ0v) is 13.2. The Hall–Kier alpha value is -0.950. The molecule has 2 heterocycles. The fourth-order valence-corrected chi connectivity index (χ4v) is 3.14. The largest absolute Gasteiger partial charge is 0.328 e. The number of rotatable bonds is 6. The molecule has 2 rings (SSSR count). The molecule has 0 aliphatic carbocycles. The van der Waals surface area contributed by atoms with E-state index in [1.807, 2.05) is 11.7 Å². The summed E-state index contributed by atoms with van der Waals surface area (Å²) in [7, 11) is 1.19. The SMILES string of the molecule is CCCc1nn(C)c2c1[nH]c(=S)n2CCCS(C)=O. The van der Waals surface area contributed by atoms with Crippen LogP contribution in [-0.4, -0.2) is 35.5 Å². The number of aryl methyl sites for hydroxylation is 3. The number of aromatic amines is 1. The van der Waals surface area contributed by atoms with Gasteiger partial charge < -0.3 is 9.55 Å². The number of aromatic nitrogens is 4. The topological polar surface area (TPSA) is 55.6 Å². The molecule has 106 valence electrons. The molecule has 0 radical (unpaired) electrons. The van der Waals surface area contributed by atoms with Crippen molar-refractivity contribution in [1.29, 1.82) is 0 Å². The van der Waals surface area contributed by atoms with Gasteiger partial charge in [-0.25, -0.2) is 0 Å². The molecule has 19 heavy (non-hydrogen) atoms. The van der Waals surface area contributed by atoms with Gasteiger partial charge in [-0.15, -0.1) is 0 Å². The average Bonchev–Trinajstić information content (AvgIpc) is 2.79. The van der Waals surface area contributed by atoms with Crippen molar-refractivity contribution in [3.05, 3.63) is 10.5 Å². The van der Waals surface area contributed by atoms with Crippen LogP contribution in [0, 0.1) is 4.77 Å². The Balaban J connectivity index is 2.35. The van der Waals surface area contributed by atoms with Gasteiger partial charge >= 0.3 is 0 Å². The maximum absolute atomic E-state index is 11.1. The number of imidazole rings is 1. The van der Waals surface area contributed by atoms with E-state index in [9.17, 15) is 4.21 Å². The minimum atomic E-state index is -0.751. The lowest BCUT2D eigenvalue weighted by atomic mass is 10.2. The number of fused-ring (bicyclic) bond motifs is 1. The summed E-state index contributed by atoms with van der Waals surface area (Å²) in [5.41, 5.74) is 3.16. The molecule has 0 saturated carbocycles. The second-order valence-corrected chi connectivity index (χ2v) is 6.67. The molecule has 2 aromatic rings. The smallest absolute Gasteiger partial charge is 0.179 e. The summed E-state index contributed by atoms with van der Waals surface area (Å²) in [6.07, 6.45) is 4.60. The Bertz CT molecular complexity index is 653. The Morgan fingerprint density at radius 1 is 1.47 bits per heavy atom. The van der Waals surface area contributed by atoms with Crippen molar-refractivity contribution < 1.29 is 4.21 Å². The first-order valence-corrected chi connectivity index (χ1v) is 8.62. The summed E-state index contributed by atoms with van der Waals surface area (Å²) in [5.74, 6) is 0.702. The second kappa shape index (κ2) is 6.00. The Labute approximate surface area is 120 Å². The van der Waals surface area contributed by atoms with E-state index < -0.39 is 10.8 Å². The van der Waals surface area contributed by atoms with Gasteiger partial charge in [0, 0.05) is 36.4 Å². The van der Waals surface area contributed by atoms with Gasteiger partial charge in [0.15, 0.2) is 10.4 Å². The van der Waals surface area contributed by atoms with E-state index in [0.29, 0.717) is 5.75 Å². The van der Waals surface area contributed by atoms with E-state index in [1.54, 1.807) is 6.26 Å². The lowest BCUT2D eigenvalue weighted by molar-refractivity contribution is 0.643. The molecule has 0 aliphatic rings. The third kappa shape index (κ3) is 2.97. The molecular formula is C12H20N4OS2. The summed E-state index contributed by atoms with van der Waals surface area (Å²) in [5, 5.41) is 4.54. The molecule has 2 aromatic heterocycles. The van der Waals surface area contributed by atoms with E-state index in [-0.39, 0.29) is 0 Å². The lowest BCUT2D eigenvalue weighted by Crippen LogP contribution is -2.06. The Kier molecular flexibility index (Phi) is 4.57. The van der Waals surface area contributed by atoms with Crippen molar-refractivity contribution >= 4 is 34.2 Å². The van der Waals surface area contributed by atoms with E-state index in [0.717, 1.165) is 47.4 Å². The minimum absolute atomic E-state index is 0.702. The molecule has 0 saturated heterocycles. The van der Waals surface area contributed by atoms with Crippen LogP contribution in [0.25, 0.3) is 11.2 Å². The Morgan fingerprint density at radius 3 is 2.84 bits per heavy atom. The van der Waals surface area contributed by atoms with Crippen molar-refractivity contribution in [1.82, 2.24) is 19.3 Å². The summed E-state index contributed by atoms with van der Waals surface area (Å²) < 4.78 is 15.8. The number of nitrogens with zero attached hydrogens (tertiary/aromatic N) is 3. The van der Waals surface area contributed by atoms with E-state index in [2.05, 4.69) is 21.6 Å². The van der Waals surface area contributed by atoms with Gasteiger partial charge in [-0.1, -0.05) is 13.3 Å². The molecule has 7 heteroatoms. The molecular weight excluding hydrogens is 280 g/mol. The first kappa shape index (κ1) is 14.5. The highest BCUT2D eigenvalue weighted by Gasteiger charge is 2.14. The van der Waals surface area contributed by atoms with Crippen LogP contribution in [0.15, 0.2) is 0 Å². The van der Waals surface area contributed by atoms with Gasteiger partial charge in [0.2, 0.25) is 0 Å². The molecule has 5 nitrogen and oxygen atoms in total. The molecule has 0 bridgehead atoms. The quantitative estimate of drug-likeness (QED) is 0.832. The third-order valence-electron chi connectivity index (χ3n) is 3.12. The summed E-state index contributed by atoms with van der Waals surface area (Å²) >= 11 is 5.38. The number of hydrogen-bond donors (Lipinski definition) is 1. The van der Waals surface area contributed by atoms with Crippen LogP contribution in [0.2, 0.25) is 0 Å². The molecule has 1 unspecified atom stereocenters. The van der Waals surface area contributed by atoms with Crippen molar-refractivity contribution in [2.45, 2.75) is 32.7 Å². The summed E-state index contributed by atoms with van der Waals surface area (Å²) in [6, 6.07) is 0. The average molecular weight is 300 g/mol. The predicted molar refractivity (Wildman–Crippen MR) is 81.4 cm³/mol. The van der Waals surface area contributed by atoms with Crippen LogP contribution in [-0.2, 0) is 30.8 Å². The molecule has 0 aliphatic heterocycles. The van der Waals surface area contributed by atoms with Crippen LogP contribution in [0.5, 0.6) is 0 Å². The first-order chi connectivity index (χ1) is 9.04. The van der Waals surface area contributed by atoms with Crippen LogP contribution < -0.4 is 0 Å². The maximum Gasteiger partial charge on any atom is 0.179 e. The molecule has 1 N–H and O–H groups in total. The van der Waals surface area contributed by atoms with Gasteiger partial charge in [-0.3, -0.25) is 8.89 Å². The van der Waals surface area contributed by atoms with Crippen molar-refractivity contribution in [3.63, 3.8) is 0 Å². The molecule has 0 amide bonds. The van der Waals surface area contributed by atoms with Crippen LogP contribution in [0.4, 0.5) is 0 Å². The highest BCUT2D eigenvalue weighted by Crippen LogP contribution is 2.19. The highest BCUT2D eigenvalue weighted by molar-refractivity contribution is 7.84. The first-order valence-electron chi connectivity index (χ1n) is 6.49. The second-order valence-electron chi connectivity index (χ2n) is 4.73. The van der Waals surface area contributed by atoms with Gasteiger partial charge in [0.05, 0.1) is 5.69 Å². The zero-order chi connectivity index (χ0) is 14.0. The summed E-state index contributed by atoms with van der Waals surface area (Å²) in [6.45, 7) is 2.92. The van der Waals surface area contributed by atoms with Crippen molar-refractivity contribution in [2.24, 2.45) is 7.05 Å². The molecule has 0 fully saturated rings.